The summed E-state index contributed by atoms with van der Waals surface area (Å²) in [6.07, 6.45) is 0. The van der Waals surface area contributed by atoms with Gasteiger partial charge in [-0.15, -0.1) is 11.3 Å². The van der Waals surface area contributed by atoms with E-state index in [1.165, 1.54) is 11.3 Å². The van der Waals surface area contributed by atoms with Gasteiger partial charge in [-0.3, -0.25) is 14.4 Å². The van der Waals surface area contributed by atoms with E-state index in [-0.39, 0.29) is 17.7 Å². The molecule has 1 heterocycles. The molecule has 0 aliphatic heterocycles. The molecule has 0 unspecified atom stereocenters. The highest BCUT2D eigenvalue weighted by atomic mass is 32.1. The molecule has 0 aliphatic carbocycles. The Morgan fingerprint density at radius 2 is 1.30 bits per heavy atom. The highest BCUT2D eigenvalue weighted by molar-refractivity contribution is 7.12. The van der Waals surface area contributed by atoms with Gasteiger partial charge in [0.15, 0.2) is 0 Å². The number of carbonyl (C=O) groups excluding carboxylic acids is 3. The second kappa shape index (κ2) is 9.84. The lowest BCUT2D eigenvalue weighted by Crippen LogP contribution is -2.30. The van der Waals surface area contributed by atoms with Crippen molar-refractivity contribution in [2.45, 2.75) is 13.8 Å². The molecular formula is C23H23N3O3S. The Bertz CT molecular complexity index is 1010. The van der Waals surface area contributed by atoms with Crippen molar-refractivity contribution in [1.29, 1.82) is 0 Å². The van der Waals surface area contributed by atoms with Crippen LogP contribution in [0.2, 0.25) is 0 Å². The largest absolute Gasteiger partial charge is 0.339 e. The van der Waals surface area contributed by atoms with E-state index in [1.807, 2.05) is 25.3 Å². The summed E-state index contributed by atoms with van der Waals surface area (Å²) in [7, 11) is 0. The number of nitrogens with zero attached hydrogens (tertiary/aromatic N) is 1. The molecule has 1 aromatic heterocycles. The van der Waals surface area contributed by atoms with Crippen molar-refractivity contribution in [1.82, 2.24) is 4.90 Å². The molecule has 0 aliphatic rings. The molecule has 2 N–H and O–H groups in total. The summed E-state index contributed by atoms with van der Waals surface area (Å²) in [5.41, 5.74) is 2.27. The topological polar surface area (TPSA) is 78.5 Å². The quantitative estimate of drug-likeness (QED) is 0.579. The fourth-order valence-electron chi connectivity index (χ4n) is 2.90. The predicted molar refractivity (Wildman–Crippen MR) is 120 cm³/mol. The number of carbonyl (C=O) groups is 3. The van der Waals surface area contributed by atoms with Crippen LogP contribution < -0.4 is 10.6 Å². The number of anilines is 2. The number of hydrogen-bond donors (Lipinski definition) is 2. The second-order valence-electron chi connectivity index (χ2n) is 6.52. The van der Waals surface area contributed by atoms with Crippen molar-refractivity contribution in [3.05, 3.63) is 82.0 Å². The SMILES string of the molecule is CCN(CC)C(=O)c1ccc(NC(=O)c2ccc(NC(=O)c3cccs3)cc2)cc1. The summed E-state index contributed by atoms with van der Waals surface area (Å²) < 4.78 is 0. The van der Waals surface area contributed by atoms with Crippen LogP contribution in [0.15, 0.2) is 66.0 Å². The Morgan fingerprint density at radius 1 is 0.767 bits per heavy atom. The molecule has 3 aromatic rings. The second-order valence-corrected chi connectivity index (χ2v) is 7.47. The molecule has 6 nitrogen and oxygen atoms in total. The number of rotatable bonds is 7. The fourth-order valence-corrected chi connectivity index (χ4v) is 3.52. The van der Waals surface area contributed by atoms with Crippen LogP contribution in [-0.2, 0) is 0 Å². The Morgan fingerprint density at radius 3 is 1.80 bits per heavy atom. The first-order valence-corrected chi connectivity index (χ1v) is 10.6. The van der Waals surface area contributed by atoms with E-state index in [9.17, 15) is 14.4 Å². The van der Waals surface area contributed by atoms with Crippen LogP contribution in [0, 0.1) is 0 Å². The van der Waals surface area contributed by atoms with Crippen molar-refractivity contribution in [3.63, 3.8) is 0 Å². The molecule has 0 saturated heterocycles. The maximum atomic E-state index is 12.5. The average Bonchev–Trinajstić information content (AvgIpc) is 3.31. The minimum absolute atomic E-state index is 0.0296. The molecule has 3 amide bonds. The van der Waals surface area contributed by atoms with Crippen LogP contribution >= 0.6 is 11.3 Å². The maximum Gasteiger partial charge on any atom is 0.265 e. The van der Waals surface area contributed by atoms with Gasteiger partial charge in [-0.05, 0) is 73.8 Å². The van der Waals surface area contributed by atoms with Crippen LogP contribution in [0.25, 0.3) is 0 Å². The predicted octanol–water partition coefficient (Wildman–Crippen LogP) is 4.73. The molecule has 30 heavy (non-hydrogen) atoms. The van der Waals surface area contributed by atoms with Gasteiger partial charge in [-0.1, -0.05) is 6.07 Å². The Kier molecular flexibility index (Phi) is 6.98. The van der Waals surface area contributed by atoms with Gasteiger partial charge in [0, 0.05) is 35.6 Å². The Hall–Kier alpha value is -3.45. The molecule has 7 heteroatoms. The van der Waals surface area contributed by atoms with Crippen molar-refractivity contribution < 1.29 is 14.4 Å². The minimum Gasteiger partial charge on any atom is -0.339 e. The first-order valence-electron chi connectivity index (χ1n) is 9.67. The van der Waals surface area contributed by atoms with Crippen LogP contribution in [-0.4, -0.2) is 35.7 Å². The maximum absolute atomic E-state index is 12.5. The number of hydrogen-bond acceptors (Lipinski definition) is 4. The summed E-state index contributed by atoms with van der Waals surface area (Å²) in [4.78, 5) is 39.3. The smallest absolute Gasteiger partial charge is 0.265 e. The molecule has 0 bridgehead atoms. The zero-order valence-corrected chi connectivity index (χ0v) is 17.7. The summed E-state index contributed by atoms with van der Waals surface area (Å²) >= 11 is 1.37. The Balaban J connectivity index is 1.60. The summed E-state index contributed by atoms with van der Waals surface area (Å²) in [5.74, 6) is -0.478. The van der Waals surface area contributed by atoms with Crippen molar-refractivity contribution in [3.8, 4) is 0 Å². The number of nitrogens with one attached hydrogen (secondary N) is 2. The van der Waals surface area contributed by atoms with Gasteiger partial charge < -0.3 is 15.5 Å². The van der Waals surface area contributed by atoms with E-state index < -0.39 is 0 Å². The summed E-state index contributed by atoms with van der Waals surface area (Å²) in [6.45, 7) is 5.18. The third-order valence-electron chi connectivity index (χ3n) is 4.59. The molecule has 154 valence electrons. The van der Waals surface area contributed by atoms with Crippen LogP contribution in [0.3, 0.4) is 0 Å². The highest BCUT2D eigenvalue weighted by Gasteiger charge is 2.13. The van der Waals surface area contributed by atoms with Gasteiger partial charge in [0.2, 0.25) is 0 Å². The lowest BCUT2D eigenvalue weighted by molar-refractivity contribution is 0.0772. The molecule has 0 atom stereocenters. The number of amides is 3. The van der Waals surface area contributed by atoms with Gasteiger partial charge in [0.05, 0.1) is 4.88 Å². The van der Waals surface area contributed by atoms with Crippen LogP contribution in [0.1, 0.15) is 44.2 Å². The van der Waals surface area contributed by atoms with E-state index in [0.29, 0.717) is 40.5 Å². The van der Waals surface area contributed by atoms with Crippen molar-refractivity contribution >= 4 is 40.4 Å². The van der Waals surface area contributed by atoms with Crippen LogP contribution in [0.5, 0.6) is 0 Å². The molecule has 0 spiro atoms. The third kappa shape index (κ3) is 5.12. The van der Waals surface area contributed by atoms with E-state index in [2.05, 4.69) is 10.6 Å². The summed E-state index contributed by atoms with van der Waals surface area (Å²) in [5, 5.41) is 7.46. The van der Waals surface area contributed by atoms with Gasteiger partial charge in [0.1, 0.15) is 0 Å². The van der Waals surface area contributed by atoms with Crippen molar-refractivity contribution in [2.24, 2.45) is 0 Å². The normalized spacial score (nSPS) is 10.3. The molecular weight excluding hydrogens is 398 g/mol. The molecule has 0 fully saturated rings. The van der Waals surface area contributed by atoms with Crippen molar-refractivity contribution in [2.75, 3.05) is 23.7 Å². The molecule has 0 radical (unpaired) electrons. The number of thiophene rings is 1. The van der Waals surface area contributed by atoms with Gasteiger partial charge in [0.25, 0.3) is 17.7 Å². The van der Waals surface area contributed by atoms with E-state index in [4.69, 9.17) is 0 Å². The lowest BCUT2D eigenvalue weighted by atomic mass is 10.1. The Labute approximate surface area is 179 Å². The average molecular weight is 422 g/mol. The first kappa shape index (κ1) is 21.3. The summed E-state index contributed by atoms with van der Waals surface area (Å²) in [6, 6.07) is 17.1. The van der Waals surface area contributed by atoms with Gasteiger partial charge >= 0.3 is 0 Å². The monoisotopic (exact) mass is 421 g/mol. The lowest BCUT2D eigenvalue weighted by Gasteiger charge is -2.18. The van der Waals surface area contributed by atoms with E-state index in [1.54, 1.807) is 59.5 Å². The zero-order chi connectivity index (χ0) is 21.5. The molecule has 3 rings (SSSR count). The number of benzene rings is 2. The van der Waals surface area contributed by atoms with E-state index in [0.717, 1.165) is 0 Å². The van der Waals surface area contributed by atoms with Crippen LogP contribution in [0.4, 0.5) is 11.4 Å². The first-order chi connectivity index (χ1) is 14.5. The third-order valence-corrected chi connectivity index (χ3v) is 5.46. The zero-order valence-electron chi connectivity index (χ0n) is 16.8. The van der Waals surface area contributed by atoms with Gasteiger partial charge in [-0.2, -0.15) is 0 Å². The van der Waals surface area contributed by atoms with Gasteiger partial charge in [-0.25, -0.2) is 0 Å². The fraction of sp³-hybridized carbons (Fsp3) is 0.174. The molecule has 0 saturated carbocycles. The van der Waals surface area contributed by atoms with E-state index >= 15 is 0 Å². The standard InChI is InChI=1S/C23H23N3O3S/c1-3-26(4-2)23(29)17-9-13-18(14-10-17)24-21(27)16-7-11-19(12-8-16)25-22(28)20-6-5-15-30-20/h5-15H,3-4H2,1-2H3,(H,24,27)(H,25,28). The minimum atomic E-state index is -0.269. The molecule has 2 aromatic carbocycles. The highest BCUT2D eigenvalue weighted by Crippen LogP contribution is 2.16.